The minimum absolute atomic E-state index is 0.0251. The number of nitrogens with zero attached hydrogens (tertiary/aromatic N) is 4. The van der Waals surface area contributed by atoms with Crippen molar-refractivity contribution < 1.29 is 42.2 Å². The highest BCUT2D eigenvalue weighted by molar-refractivity contribution is 6.34. The van der Waals surface area contributed by atoms with Crippen molar-refractivity contribution in [3.05, 3.63) is 75.2 Å². The minimum atomic E-state index is -4.65. The molecule has 2 N–H and O–H groups in total. The molecule has 9 nitrogen and oxygen atoms in total. The van der Waals surface area contributed by atoms with E-state index in [9.17, 15) is 37.8 Å². The van der Waals surface area contributed by atoms with Gasteiger partial charge in [-0.15, -0.1) is 0 Å². The van der Waals surface area contributed by atoms with Gasteiger partial charge in [0.15, 0.2) is 0 Å². The number of carboxylic acid groups (broad SMARTS) is 1. The number of benzene rings is 2. The van der Waals surface area contributed by atoms with Crippen molar-refractivity contribution in [2.24, 2.45) is 5.41 Å². The van der Waals surface area contributed by atoms with Crippen LogP contribution in [-0.2, 0) is 23.1 Å². The smallest absolute Gasteiger partial charge is 0.398 e. The molecule has 1 saturated heterocycles. The summed E-state index contributed by atoms with van der Waals surface area (Å²) in [6.45, 7) is 1.05. The molecule has 0 amide bonds. The zero-order chi connectivity index (χ0) is 34.1. The fourth-order valence-electron chi connectivity index (χ4n) is 7.23. The maximum Gasteiger partial charge on any atom is 0.398 e. The Bertz CT molecular complexity index is 1770. The number of alkyl halides is 3. The predicted molar refractivity (Wildman–Crippen MR) is 163 cm³/mol. The van der Waals surface area contributed by atoms with Crippen LogP contribution in [0.3, 0.4) is 0 Å². The number of carboxylic acids is 1. The third-order valence-corrected chi connectivity index (χ3v) is 10.3. The molecular formula is C33H33ClF4N4O5. The van der Waals surface area contributed by atoms with Crippen LogP contribution < -0.4 is 0 Å². The van der Waals surface area contributed by atoms with Crippen molar-refractivity contribution in [3.8, 4) is 11.3 Å². The lowest BCUT2D eigenvalue weighted by atomic mass is 9.73. The molecule has 3 aromatic rings. The summed E-state index contributed by atoms with van der Waals surface area (Å²) in [7, 11) is 3.70. The lowest BCUT2D eigenvalue weighted by Gasteiger charge is -2.36. The molecule has 1 saturated carbocycles. The summed E-state index contributed by atoms with van der Waals surface area (Å²) in [6.07, 6.45) is -4.50. The number of aldehydes is 1. The second kappa shape index (κ2) is 11.8. The van der Waals surface area contributed by atoms with Gasteiger partial charge in [-0.05, 0) is 69.6 Å². The van der Waals surface area contributed by atoms with Gasteiger partial charge in [0, 0.05) is 48.6 Å². The average molecular weight is 677 g/mol. The number of hydrogen-bond acceptors (Lipinski definition) is 7. The van der Waals surface area contributed by atoms with E-state index in [0.29, 0.717) is 25.1 Å². The van der Waals surface area contributed by atoms with E-state index in [1.54, 1.807) is 0 Å². The second-order valence-corrected chi connectivity index (χ2v) is 13.6. The number of halogens is 5. The lowest BCUT2D eigenvalue weighted by molar-refractivity contribution is -0.160. The molecule has 2 aromatic carbocycles. The van der Waals surface area contributed by atoms with E-state index < -0.39 is 40.8 Å². The summed E-state index contributed by atoms with van der Waals surface area (Å²) in [5.74, 6) is -3.20. The molecule has 47 heavy (non-hydrogen) atoms. The Balaban J connectivity index is 1.47. The lowest BCUT2D eigenvalue weighted by Crippen LogP contribution is -2.43. The zero-order valence-electron chi connectivity index (χ0n) is 25.7. The van der Waals surface area contributed by atoms with E-state index in [2.05, 4.69) is 5.10 Å². The number of aromatic nitrogens is 2. The largest absolute Gasteiger partial charge is 0.478 e. The highest BCUT2D eigenvalue weighted by atomic mass is 35.5. The summed E-state index contributed by atoms with van der Waals surface area (Å²) in [5.41, 5.74) is -3.66. The summed E-state index contributed by atoms with van der Waals surface area (Å²) >= 11 is 6.45. The van der Waals surface area contributed by atoms with Crippen LogP contribution >= 0.6 is 11.6 Å². The Morgan fingerprint density at radius 3 is 2.45 bits per heavy atom. The number of rotatable bonds is 8. The van der Waals surface area contributed by atoms with E-state index in [1.807, 2.05) is 23.9 Å². The first kappa shape index (κ1) is 33.3. The van der Waals surface area contributed by atoms with Gasteiger partial charge in [-0.2, -0.15) is 23.0 Å². The molecular weight excluding hydrogens is 644 g/mol. The summed E-state index contributed by atoms with van der Waals surface area (Å²) in [5, 5.41) is 24.2. The van der Waals surface area contributed by atoms with Crippen LogP contribution in [0.4, 0.5) is 17.6 Å². The summed E-state index contributed by atoms with van der Waals surface area (Å²) in [4.78, 5) is 42.5. The zero-order valence-corrected chi connectivity index (χ0v) is 26.4. The fourth-order valence-corrected chi connectivity index (χ4v) is 7.48. The van der Waals surface area contributed by atoms with Crippen molar-refractivity contribution in [3.63, 3.8) is 0 Å². The van der Waals surface area contributed by atoms with Gasteiger partial charge in [0.2, 0.25) is 0 Å². The van der Waals surface area contributed by atoms with Crippen LogP contribution in [-0.4, -0.2) is 100 Å². The molecule has 0 bridgehead atoms. The van der Waals surface area contributed by atoms with Gasteiger partial charge in [-0.1, -0.05) is 23.7 Å². The second-order valence-electron chi connectivity index (χ2n) is 13.2. The van der Waals surface area contributed by atoms with Crippen molar-refractivity contribution in [1.82, 2.24) is 19.6 Å². The Kier molecular flexibility index (Phi) is 8.35. The van der Waals surface area contributed by atoms with Gasteiger partial charge in [-0.25, -0.2) is 9.18 Å². The standard InChI is InChI=1S/C33H33ClF4N4O5/c1-40(2)25-14-41(15-26(25)44)16-31(17-43)9-8-20-24(13-31)42(39-28(20)19-7-6-18(30(46)47)12-23(19)35)29(45)27-21(4-3-5-22(27)34)32(10-11-32)33(36,37)38/h3-7,12,17,25-26,44H,8-11,13-16H2,1-2H3,(H,46,47)/t25-,26-,31?/m0/s1. The first-order valence-corrected chi connectivity index (χ1v) is 15.6. The summed E-state index contributed by atoms with van der Waals surface area (Å²) in [6, 6.07) is 7.00. The van der Waals surface area contributed by atoms with Crippen LogP contribution in [0.15, 0.2) is 36.4 Å². The van der Waals surface area contributed by atoms with E-state index >= 15 is 4.39 Å². The van der Waals surface area contributed by atoms with Gasteiger partial charge in [0.25, 0.3) is 5.91 Å². The Morgan fingerprint density at radius 1 is 1.15 bits per heavy atom. The predicted octanol–water partition coefficient (Wildman–Crippen LogP) is 4.60. The molecule has 14 heteroatoms. The first-order chi connectivity index (χ1) is 22.1. The monoisotopic (exact) mass is 676 g/mol. The quantitative estimate of drug-likeness (QED) is 0.263. The van der Waals surface area contributed by atoms with Gasteiger partial charge in [-0.3, -0.25) is 9.69 Å². The molecule has 0 spiro atoms. The van der Waals surface area contributed by atoms with E-state index in [0.717, 1.165) is 17.0 Å². The average Bonchev–Trinajstić information content (AvgIpc) is 3.65. The minimum Gasteiger partial charge on any atom is -0.478 e. The fraction of sp³-hybridized carbons (Fsp3) is 0.455. The number of aromatic carboxylic acids is 1. The van der Waals surface area contributed by atoms with Crippen LogP contribution in [0.1, 0.15) is 56.8 Å². The SMILES string of the molecule is CN(C)[C@H]1CN(CC2(C=O)CCc3c(-c4ccc(C(=O)O)cc4F)nn(C(=O)c4c(Cl)cccc4C4(C(F)(F)F)CC4)c3C2)C[C@@H]1O. The molecule has 1 aliphatic heterocycles. The highest BCUT2D eigenvalue weighted by Crippen LogP contribution is 2.60. The van der Waals surface area contributed by atoms with Crippen LogP contribution in [0, 0.1) is 11.2 Å². The van der Waals surface area contributed by atoms with Crippen LogP contribution in [0.5, 0.6) is 0 Å². The maximum atomic E-state index is 15.4. The Morgan fingerprint density at radius 2 is 1.87 bits per heavy atom. The van der Waals surface area contributed by atoms with Crippen LogP contribution in [0.25, 0.3) is 11.3 Å². The normalized spacial score (nSPS) is 23.9. The number of likely N-dealkylation sites (N-methyl/N-ethyl adjacent to an activating group) is 1. The highest BCUT2D eigenvalue weighted by Gasteiger charge is 2.65. The third kappa shape index (κ3) is 5.66. The Hall–Kier alpha value is -3.65. The topological polar surface area (TPSA) is 116 Å². The van der Waals surface area contributed by atoms with E-state index in [-0.39, 0.29) is 76.9 Å². The number of carbonyl (C=O) groups is 3. The molecule has 0 radical (unpaired) electrons. The molecule has 2 aliphatic carbocycles. The molecule has 2 heterocycles. The van der Waals surface area contributed by atoms with E-state index in [1.165, 1.54) is 30.3 Å². The summed E-state index contributed by atoms with van der Waals surface area (Å²) < 4.78 is 59.3. The van der Waals surface area contributed by atoms with Crippen molar-refractivity contribution in [2.45, 2.75) is 55.8 Å². The molecule has 250 valence electrons. The van der Waals surface area contributed by atoms with Crippen LogP contribution in [0.2, 0.25) is 5.02 Å². The molecule has 2 fully saturated rings. The number of hydrogen-bond donors (Lipinski definition) is 2. The van der Waals surface area contributed by atoms with Gasteiger partial charge >= 0.3 is 12.1 Å². The maximum absolute atomic E-state index is 15.4. The van der Waals surface area contributed by atoms with Crippen molar-refractivity contribution >= 4 is 29.8 Å². The third-order valence-electron chi connectivity index (χ3n) is 9.97. The number of fused-ring (bicyclic) bond motifs is 1. The van der Waals surface area contributed by atoms with Crippen molar-refractivity contribution in [1.29, 1.82) is 0 Å². The van der Waals surface area contributed by atoms with Gasteiger partial charge < -0.3 is 19.9 Å². The first-order valence-electron chi connectivity index (χ1n) is 15.2. The number of carbonyl (C=O) groups excluding carboxylic acids is 2. The number of likely N-dealkylation sites (tertiary alicyclic amines) is 1. The number of β-amino-alcohol motifs (C(OH)–C–C–N with tert-alkyl or cyclic N) is 1. The van der Waals surface area contributed by atoms with Crippen molar-refractivity contribution in [2.75, 3.05) is 33.7 Å². The number of aliphatic hydroxyl groups is 1. The molecule has 3 atom stereocenters. The van der Waals surface area contributed by atoms with E-state index in [4.69, 9.17) is 11.6 Å². The number of aliphatic hydroxyl groups excluding tert-OH is 1. The van der Waals surface area contributed by atoms with Gasteiger partial charge in [0.05, 0.1) is 39.1 Å². The molecule has 6 rings (SSSR count). The van der Waals surface area contributed by atoms with Gasteiger partial charge in [0.1, 0.15) is 12.1 Å². The molecule has 1 unspecified atom stereocenters. The Labute approximate surface area is 272 Å². The molecule has 1 aromatic heterocycles. The molecule has 3 aliphatic rings.